The molecule has 1 N–H and O–H groups in total. The van der Waals surface area contributed by atoms with Crippen molar-refractivity contribution in [3.05, 3.63) is 82.5 Å². The Morgan fingerprint density at radius 3 is 2.64 bits per heavy atom. The van der Waals surface area contributed by atoms with Crippen LogP contribution < -0.4 is 5.69 Å². The Bertz CT molecular complexity index is 1050. The normalized spacial score (nSPS) is 10.9. The van der Waals surface area contributed by atoms with Gasteiger partial charge in [-0.05, 0) is 46.2 Å². The van der Waals surface area contributed by atoms with Crippen LogP contribution in [0.4, 0.5) is 0 Å². The van der Waals surface area contributed by atoms with Crippen molar-refractivity contribution in [3.63, 3.8) is 0 Å². The molecule has 0 radical (unpaired) electrons. The molecule has 0 aliphatic rings. The molecule has 0 atom stereocenters. The number of rotatable bonds is 4. The van der Waals surface area contributed by atoms with E-state index in [1.54, 1.807) is 6.20 Å². The smallest absolute Gasteiger partial charge is 0.285 e. The van der Waals surface area contributed by atoms with E-state index in [0.29, 0.717) is 12.2 Å². The number of benzene rings is 2. The molecule has 0 saturated heterocycles. The van der Waals surface area contributed by atoms with Gasteiger partial charge in [-0.15, -0.1) is 0 Å². The molecule has 0 spiro atoms. The summed E-state index contributed by atoms with van der Waals surface area (Å²) < 4.78 is 2.67. The molecule has 2 heterocycles. The van der Waals surface area contributed by atoms with Gasteiger partial charge in [0.1, 0.15) is 0 Å². The van der Waals surface area contributed by atoms with Gasteiger partial charge in [0.05, 0.1) is 18.4 Å². The molecule has 0 saturated carbocycles. The zero-order chi connectivity index (χ0) is 17.2. The first kappa shape index (κ1) is 15.1. The fourth-order valence-corrected chi connectivity index (χ4v) is 2.79. The van der Waals surface area contributed by atoms with Crippen molar-refractivity contribution in [3.8, 4) is 16.8 Å². The van der Waals surface area contributed by atoms with Crippen LogP contribution in [-0.2, 0) is 6.54 Å². The van der Waals surface area contributed by atoms with E-state index in [9.17, 15) is 4.79 Å². The lowest BCUT2D eigenvalue weighted by molar-refractivity contribution is 0.632. The lowest BCUT2D eigenvalue weighted by Gasteiger charge is -2.06. The third-order valence-electron chi connectivity index (χ3n) is 4.08. The van der Waals surface area contributed by atoms with Crippen molar-refractivity contribution in [2.75, 3.05) is 0 Å². The summed E-state index contributed by atoms with van der Waals surface area (Å²) in [6.07, 6.45) is 3.61. The number of tetrazole rings is 1. The zero-order valence-electron chi connectivity index (χ0n) is 13.6. The van der Waals surface area contributed by atoms with E-state index in [-0.39, 0.29) is 5.69 Å². The molecule has 4 aromatic rings. The lowest BCUT2D eigenvalue weighted by atomic mass is 10.0. The van der Waals surface area contributed by atoms with Crippen LogP contribution in [0, 0.1) is 6.92 Å². The van der Waals surface area contributed by atoms with Crippen molar-refractivity contribution in [1.29, 1.82) is 0 Å². The number of nitrogens with zero attached hydrogens (tertiary/aromatic N) is 5. The first-order valence-electron chi connectivity index (χ1n) is 7.89. The molecular weight excluding hydrogens is 316 g/mol. The van der Waals surface area contributed by atoms with E-state index in [4.69, 9.17) is 0 Å². The SMILES string of the molecule is Cc1cc(-n2nnn(Cc3ccccc3)c2=O)ccc1-c1cn[nH]c1. The Morgan fingerprint density at radius 2 is 1.92 bits per heavy atom. The maximum absolute atomic E-state index is 12.6. The van der Waals surface area contributed by atoms with Gasteiger partial charge >= 0.3 is 5.69 Å². The largest absolute Gasteiger partial charge is 0.368 e. The van der Waals surface area contributed by atoms with Crippen LogP contribution in [0.15, 0.2) is 65.7 Å². The monoisotopic (exact) mass is 332 g/mol. The van der Waals surface area contributed by atoms with Gasteiger partial charge in [0, 0.05) is 11.8 Å². The molecule has 7 heteroatoms. The molecule has 2 aromatic heterocycles. The Balaban J connectivity index is 1.67. The predicted octanol–water partition coefficient (Wildman–Crippen LogP) is 2.18. The number of aryl methyl sites for hydroxylation is 1. The van der Waals surface area contributed by atoms with Gasteiger partial charge in [-0.2, -0.15) is 14.5 Å². The van der Waals surface area contributed by atoms with E-state index < -0.39 is 0 Å². The summed E-state index contributed by atoms with van der Waals surface area (Å²) in [7, 11) is 0. The van der Waals surface area contributed by atoms with Crippen molar-refractivity contribution < 1.29 is 0 Å². The minimum absolute atomic E-state index is 0.265. The second kappa shape index (κ2) is 6.20. The zero-order valence-corrected chi connectivity index (χ0v) is 13.6. The van der Waals surface area contributed by atoms with Gasteiger partial charge in [0.25, 0.3) is 0 Å². The van der Waals surface area contributed by atoms with Crippen LogP contribution in [-0.4, -0.2) is 30.0 Å². The molecule has 0 fully saturated rings. The molecule has 0 aliphatic carbocycles. The fourth-order valence-electron chi connectivity index (χ4n) is 2.79. The maximum atomic E-state index is 12.6. The second-order valence-electron chi connectivity index (χ2n) is 5.80. The number of aromatic nitrogens is 6. The van der Waals surface area contributed by atoms with Crippen LogP contribution in [0.25, 0.3) is 16.8 Å². The third kappa shape index (κ3) is 2.87. The summed E-state index contributed by atoms with van der Waals surface area (Å²) >= 11 is 0. The van der Waals surface area contributed by atoms with E-state index in [0.717, 1.165) is 22.3 Å². The number of hydrogen-bond acceptors (Lipinski definition) is 4. The van der Waals surface area contributed by atoms with Gasteiger partial charge in [-0.3, -0.25) is 5.10 Å². The Labute approximate surface area is 143 Å². The molecule has 25 heavy (non-hydrogen) atoms. The van der Waals surface area contributed by atoms with Gasteiger partial charge < -0.3 is 0 Å². The molecule has 0 unspecified atom stereocenters. The summed E-state index contributed by atoms with van der Waals surface area (Å²) in [4.78, 5) is 12.6. The average molecular weight is 332 g/mol. The minimum Gasteiger partial charge on any atom is -0.285 e. The maximum Gasteiger partial charge on any atom is 0.368 e. The van der Waals surface area contributed by atoms with Crippen LogP contribution in [0.2, 0.25) is 0 Å². The van der Waals surface area contributed by atoms with Crippen LogP contribution in [0.5, 0.6) is 0 Å². The highest BCUT2D eigenvalue weighted by atomic mass is 16.2. The summed E-state index contributed by atoms with van der Waals surface area (Å²) in [5.41, 5.74) is 4.52. The van der Waals surface area contributed by atoms with Crippen molar-refractivity contribution in [2.24, 2.45) is 0 Å². The van der Waals surface area contributed by atoms with E-state index in [1.807, 2.05) is 61.7 Å². The van der Waals surface area contributed by atoms with Crippen molar-refractivity contribution in [1.82, 2.24) is 30.0 Å². The lowest BCUT2D eigenvalue weighted by Crippen LogP contribution is -2.24. The number of aromatic amines is 1. The highest BCUT2D eigenvalue weighted by Crippen LogP contribution is 2.23. The number of hydrogen-bond donors (Lipinski definition) is 1. The van der Waals surface area contributed by atoms with Gasteiger partial charge in [-0.1, -0.05) is 36.4 Å². The summed E-state index contributed by atoms with van der Waals surface area (Å²) in [5, 5.41) is 14.8. The molecule has 124 valence electrons. The van der Waals surface area contributed by atoms with Gasteiger partial charge in [0.15, 0.2) is 0 Å². The number of nitrogens with one attached hydrogen (secondary N) is 1. The Kier molecular flexibility index (Phi) is 3.74. The molecule has 0 aliphatic heterocycles. The predicted molar refractivity (Wildman–Crippen MR) is 93.5 cm³/mol. The van der Waals surface area contributed by atoms with Crippen LogP contribution in [0.1, 0.15) is 11.1 Å². The van der Waals surface area contributed by atoms with Crippen LogP contribution >= 0.6 is 0 Å². The highest BCUT2D eigenvalue weighted by molar-refractivity contribution is 5.67. The molecular formula is C18H16N6O. The molecule has 0 amide bonds. The Hall–Kier alpha value is -3.48. The van der Waals surface area contributed by atoms with Gasteiger partial charge in [-0.25, -0.2) is 4.79 Å². The van der Waals surface area contributed by atoms with Crippen molar-refractivity contribution >= 4 is 0 Å². The van der Waals surface area contributed by atoms with E-state index in [1.165, 1.54) is 9.36 Å². The van der Waals surface area contributed by atoms with E-state index >= 15 is 0 Å². The standard InChI is InChI=1S/C18H16N6O/c1-13-9-16(7-8-17(13)15-10-19-20-11-15)24-18(25)23(21-22-24)12-14-5-3-2-4-6-14/h2-11H,12H2,1H3,(H,19,20). The molecule has 2 aromatic carbocycles. The molecule has 4 rings (SSSR count). The summed E-state index contributed by atoms with van der Waals surface area (Å²) in [6, 6.07) is 15.4. The fraction of sp³-hybridized carbons (Fsp3) is 0.111. The van der Waals surface area contributed by atoms with Gasteiger partial charge in [0.2, 0.25) is 0 Å². The first-order chi connectivity index (χ1) is 12.2. The topological polar surface area (TPSA) is 81.4 Å². The molecule has 7 nitrogen and oxygen atoms in total. The second-order valence-corrected chi connectivity index (χ2v) is 5.80. The highest BCUT2D eigenvalue weighted by Gasteiger charge is 2.11. The molecule has 0 bridgehead atoms. The average Bonchev–Trinajstić information content (AvgIpc) is 3.27. The van der Waals surface area contributed by atoms with Crippen molar-refractivity contribution in [2.45, 2.75) is 13.5 Å². The summed E-state index contributed by atoms with van der Waals surface area (Å²) in [6.45, 7) is 2.39. The third-order valence-corrected chi connectivity index (χ3v) is 4.08. The minimum atomic E-state index is -0.265. The first-order valence-corrected chi connectivity index (χ1v) is 7.89. The van der Waals surface area contributed by atoms with Crippen LogP contribution in [0.3, 0.4) is 0 Å². The Morgan fingerprint density at radius 1 is 1.08 bits per heavy atom. The summed E-state index contributed by atoms with van der Waals surface area (Å²) in [5.74, 6) is 0. The number of H-pyrrole nitrogens is 1. The van der Waals surface area contributed by atoms with E-state index in [2.05, 4.69) is 20.6 Å². The quantitative estimate of drug-likeness (QED) is 0.621.